The second-order valence-corrected chi connectivity index (χ2v) is 4.11. The molecular weight excluding hydrogens is 258 g/mol. The predicted octanol–water partition coefficient (Wildman–Crippen LogP) is 1.75. The van der Waals surface area contributed by atoms with Crippen molar-refractivity contribution in [3.63, 3.8) is 0 Å². The largest absolute Gasteiger partial charge is 0.476 e. The molecule has 0 fully saturated rings. The van der Waals surface area contributed by atoms with Crippen LogP contribution >= 0.6 is 0 Å². The maximum atomic E-state index is 11.8. The van der Waals surface area contributed by atoms with E-state index < -0.39 is 5.97 Å². The van der Waals surface area contributed by atoms with Crippen LogP contribution in [0.2, 0.25) is 0 Å². The highest BCUT2D eigenvalue weighted by Crippen LogP contribution is 2.12. The summed E-state index contributed by atoms with van der Waals surface area (Å²) in [5, 5.41) is 11.5. The van der Waals surface area contributed by atoms with Gasteiger partial charge in [0.05, 0.1) is 5.69 Å². The van der Waals surface area contributed by atoms with E-state index >= 15 is 0 Å². The number of rotatable bonds is 5. The average Bonchev–Trinajstić information content (AvgIpc) is 2.46. The molecule has 2 rings (SSSR count). The summed E-state index contributed by atoms with van der Waals surface area (Å²) in [7, 11) is 0. The van der Waals surface area contributed by atoms with E-state index in [9.17, 15) is 9.59 Å². The van der Waals surface area contributed by atoms with Crippen molar-refractivity contribution in [3.05, 3.63) is 54.1 Å². The Morgan fingerprint density at radius 2 is 2.00 bits per heavy atom. The van der Waals surface area contributed by atoms with Crippen LogP contribution in [0.5, 0.6) is 0 Å². The van der Waals surface area contributed by atoms with Gasteiger partial charge in [0, 0.05) is 25.0 Å². The van der Waals surface area contributed by atoms with Crippen LogP contribution < -0.4 is 5.32 Å². The lowest BCUT2D eigenvalue weighted by atomic mass is 10.1. The van der Waals surface area contributed by atoms with Gasteiger partial charge in [-0.05, 0) is 30.2 Å². The Bertz CT molecular complexity index is 614. The summed E-state index contributed by atoms with van der Waals surface area (Å²) in [5.41, 5.74) is 0.991. The van der Waals surface area contributed by atoms with Crippen LogP contribution in [0.1, 0.15) is 22.5 Å². The molecule has 2 heterocycles. The van der Waals surface area contributed by atoms with Crippen LogP contribution in [0.3, 0.4) is 0 Å². The quantitative estimate of drug-likeness (QED) is 0.864. The maximum Gasteiger partial charge on any atom is 0.356 e. The molecule has 0 saturated carbocycles. The van der Waals surface area contributed by atoms with E-state index in [0.29, 0.717) is 6.42 Å². The minimum absolute atomic E-state index is 0.165. The fourth-order valence-corrected chi connectivity index (χ4v) is 1.69. The lowest BCUT2D eigenvalue weighted by Crippen LogP contribution is -2.16. The Balaban J connectivity index is 1.97. The van der Waals surface area contributed by atoms with Gasteiger partial charge in [-0.2, -0.15) is 0 Å². The molecule has 6 heteroatoms. The first kappa shape index (κ1) is 13.7. The Labute approximate surface area is 115 Å². The normalized spacial score (nSPS) is 10.0. The number of aromatic carboxylic acids is 1. The molecule has 2 aromatic heterocycles. The Hall–Kier alpha value is -2.76. The number of aromatic nitrogens is 2. The smallest absolute Gasteiger partial charge is 0.356 e. The van der Waals surface area contributed by atoms with Crippen LogP contribution in [0.15, 0.2) is 42.9 Å². The molecule has 0 bridgehead atoms. The molecule has 0 atom stereocenters. The number of aryl methyl sites for hydroxylation is 1. The molecule has 0 aliphatic heterocycles. The lowest BCUT2D eigenvalue weighted by Gasteiger charge is -2.07. The molecule has 0 unspecified atom stereocenters. The summed E-state index contributed by atoms with van der Waals surface area (Å²) in [6.45, 7) is 0. The van der Waals surface area contributed by atoms with E-state index in [2.05, 4.69) is 15.3 Å². The minimum Gasteiger partial charge on any atom is -0.476 e. The molecule has 0 spiro atoms. The topological polar surface area (TPSA) is 92.2 Å². The van der Waals surface area contributed by atoms with Gasteiger partial charge < -0.3 is 10.4 Å². The summed E-state index contributed by atoms with van der Waals surface area (Å²) in [4.78, 5) is 30.5. The monoisotopic (exact) mass is 271 g/mol. The van der Waals surface area contributed by atoms with Crippen molar-refractivity contribution >= 4 is 17.6 Å². The van der Waals surface area contributed by atoms with E-state index in [1.807, 2.05) is 6.07 Å². The van der Waals surface area contributed by atoms with Gasteiger partial charge in [0.1, 0.15) is 0 Å². The molecule has 2 aromatic rings. The zero-order chi connectivity index (χ0) is 14.4. The van der Waals surface area contributed by atoms with Crippen molar-refractivity contribution in [1.82, 2.24) is 9.97 Å². The number of hydrogen-bond donors (Lipinski definition) is 2. The van der Waals surface area contributed by atoms with E-state index in [4.69, 9.17) is 5.11 Å². The van der Waals surface area contributed by atoms with Gasteiger partial charge in [-0.25, -0.2) is 9.78 Å². The predicted molar refractivity (Wildman–Crippen MR) is 72.4 cm³/mol. The molecule has 2 N–H and O–H groups in total. The molecule has 0 saturated heterocycles. The highest BCUT2D eigenvalue weighted by atomic mass is 16.4. The van der Waals surface area contributed by atoms with Crippen LogP contribution in [0.25, 0.3) is 0 Å². The van der Waals surface area contributed by atoms with Crippen molar-refractivity contribution < 1.29 is 14.7 Å². The Morgan fingerprint density at radius 3 is 2.70 bits per heavy atom. The number of carboxylic acids is 1. The van der Waals surface area contributed by atoms with E-state index in [1.54, 1.807) is 24.5 Å². The van der Waals surface area contributed by atoms with Gasteiger partial charge >= 0.3 is 5.97 Å². The third-order valence-corrected chi connectivity index (χ3v) is 2.65. The van der Waals surface area contributed by atoms with Crippen molar-refractivity contribution in [2.75, 3.05) is 5.32 Å². The lowest BCUT2D eigenvalue weighted by molar-refractivity contribution is -0.116. The minimum atomic E-state index is -1.17. The summed E-state index contributed by atoms with van der Waals surface area (Å²) in [6.07, 6.45) is 5.52. The molecular formula is C14H13N3O3. The van der Waals surface area contributed by atoms with Crippen LogP contribution in [-0.2, 0) is 11.2 Å². The first-order valence-corrected chi connectivity index (χ1v) is 6.04. The number of pyridine rings is 2. The zero-order valence-corrected chi connectivity index (χ0v) is 10.6. The third kappa shape index (κ3) is 3.61. The number of anilines is 1. The van der Waals surface area contributed by atoms with Crippen molar-refractivity contribution in [1.29, 1.82) is 0 Å². The number of amides is 1. The van der Waals surface area contributed by atoms with Gasteiger partial charge in [0.15, 0.2) is 5.69 Å². The number of carboxylic acid groups (broad SMARTS) is 1. The van der Waals surface area contributed by atoms with Gasteiger partial charge in [-0.1, -0.05) is 6.07 Å². The number of carbonyl (C=O) groups excluding carboxylic acids is 1. The van der Waals surface area contributed by atoms with Crippen molar-refractivity contribution in [2.24, 2.45) is 0 Å². The van der Waals surface area contributed by atoms with E-state index in [-0.39, 0.29) is 23.7 Å². The SMILES string of the molecule is O=C(CCc1cccnc1)Nc1cccnc1C(=O)O. The second kappa shape index (κ2) is 6.42. The number of nitrogens with one attached hydrogen (secondary N) is 1. The van der Waals surface area contributed by atoms with E-state index in [1.165, 1.54) is 12.3 Å². The molecule has 0 aromatic carbocycles. The average molecular weight is 271 g/mol. The van der Waals surface area contributed by atoms with Gasteiger partial charge in [0.25, 0.3) is 0 Å². The summed E-state index contributed by atoms with van der Waals surface area (Å²) >= 11 is 0. The molecule has 1 amide bonds. The molecule has 20 heavy (non-hydrogen) atoms. The van der Waals surface area contributed by atoms with Crippen LogP contribution in [0.4, 0.5) is 5.69 Å². The summed E-state index contributed by atoms with van der Waals surface area (Å²) < 4.78 is 0. The third-order valence-electron chi connectivity index (χ3n) is 2.65. The van der Waals surface area contributed by atoms with Crippen LogP contribution in [-0.4, -0.2) is 27.0 Å². The molecule has 102 valence electrons. The first-order valence-electron chi connectivity index (χ1n) is 6.04. The fraction of sp³-hybridized carbons (Fsp3) is 0.143. The highest BCUT2D eigenvalue weighted by molar-refractivity contribution is 5.99. The zero-order valence-electron chi connectivity index (χ0n) is 10.6. The van der Waals surface area contributed by atoms with Crippen molar-refractivity contribution in [2.45, 2.75) is 12.8 Å². The fourth-order valence-electron chi connectivity index (χ4n) is 1.69. The number of hydrogen-bond acceptors (Lipinski definition) is 4. The molecule has 6 nitrogen and oxygen atoms in total. The molecule has 0 aliphatic rings. The standard InChI is InChI=1S/C14H13N3O3/c18-12(6-5-10-3-1-7-15-9-10)17-11-4-2-8-16-13(11)14(19)20/h1-4,7-9H,5-6H2,(H,17,18)(H,19,20). The van der Waals surface area contributed by atoms with E-state index in [0.717, 1.165) is 5.56 Å². The molecule has 0 radical (unpaired) electrons. The van der Waals surface area contributed by atoms with Crippen LogP contribution in [0, 0.1) is 0 Å². The first-order chi connectivity index (χ1) is 9.66. The Kier molecular flexibility index (Phi) is 4.39. The second-order valence-electron chi connectivity index (χ2n) is 4.11. The van der Waals surface area contributed by atoms with Gasteiger partial charge in [-0.15, -0.1) is 0 Å². The Morgan fingerprint density at radius 1 is 1.20 bits per heavy atom. The highest BCUT2D eigenvalue weighted by Gasteiger charge is 2.13. The van der Waals surface area contributed by atoms with Crippen molar-refractivity contribution in [3.8, 4) is 0 Å². The van der Waals surface area contributed by atoms with Gasteiger partial charge in [-0.3, -0.25) is 9.78 Å². The summed E-state index contributed by atoms with van der Waals surface area (Å²) in [5.74, 6) is -1.43. The summed E-state index contributed by atoms with van der Waals surface area (Å²) in [6, 6.07) is 6.77. The van der Waals surface area contributed by atoms with Gasteiger partial charge in [0.2, 0.25) is 5.91 Å². The number of nitrogens with zero attached hydrogens (tertiary/aromatic N) is 2. The number of carbonyl (C=O) groups is 2. The maximum absolute atomic E-state index is 11.8. The molecule has 0 aliphatic carbocycles.